The van der Waals surface area contributed by atoms with E-state index in [4.69, 9.17) is 5.26 Å². The van der Waals surface area contributed by atoms with Crippen LogP contribution in [0.4, 0.5) is 0 Å². The van der Waals surface area contributed by atoms with E-state index in [0.29, 0.717) is 17.7 Å². The first-order valence-electron chi connectivity index (χ1n) is 6.90. The van der Waals surface area contributed by atoms with Gasteiger partial charge in [-0.2, -0.15) is 5.26 Å². The van der Waals surface area contributed by atoms with Gasteiger partial charge in [-0.3, -0.25) is 4.79 Å². The normalized spacial score (nSPS) is 22.9. The summed E-state index contributed by atoms with van der Waals surface area (Å²) in [6.07, 6.45) is 0.474. The fourth-order valence-corrected chi connectivity index (χ4v) is 5.30. The topological polar surface area (TPSA) is 87.0 Å². The third-order valence-electron chi connectivity index (χ3n) is 3.53. The van der Waals surface area contributed by atoms with Gasteiger partial charge in [0.05, 0.1) is 34.4 Å². The zero-order valence-electron chi connectivity index (χ0n) is 12.3. The van der Waals surface area contributed by atoms with Gasteiger partial charge in [-0.05, 0) is 31.0 Å². The molecule has 1 atom stereocenters. The average Bonchev–Trinajstić information content (AvgIpc) is 2.73. The summed E-state index contributed by atoms with van der Waals surface area (Å²) in [5, 5.41) is 11.6. The third kappa shape index (κ3) is 4.75. The number of carbonyl (C=O) groups excluding carboxylic acids is 1. The smallest absolute Gasteiger partial charge is 0.230 e. The lowest BCUT2D eigenvalue weighted by molar-refractivity contribution is -0.120. The molecule has 0 unspecified atom stereocenters. The monoisotopic (exact) mass is 338 g/mol. The summed E-state index contributed by atoms with van der Waals surface area (Å²) in [6.45, 7) is 1.78. The van der Waals surface area contributed by atoms with Gasteiger partial charge in [0.1, 0.15) is 0 Å². The highest BCUT2D eigenvalue weighted by Gasteiger charge is 2.39. The number of thioether (sulfide) groups is 1. The van der Waals surface area contributed by atoms with Crippen LogP contribution in [0.25, 0.3) is 0 Å². The fourth-order valence-electron chi connectivity index (χ4n) is 2.42. The molecule has 1 aliphatic rings. The Morgan fingerprint density at radius 1 is 1.41 bits per heavy atom. The van der Waals surface area contributed by atoms with Crippen LogP contribution in [0.15, 0.2) is 24.3 Å². The summed E-state index contributed by atoms with van der Waals surface area (Å²) in [7, 11) is -3.02. The predicted octanol–water partition coefficient (Wildman–Crippen LogP) is 1.48. The first-order chi connectivity index (χ1) is 10.3. The molecule has 0 bridgehead atoms. The first kappa shape index (κ1) is 16.8. The van der Waals surface area contributed by atoms with Crippen molar-refractivity contribution in [2.24, 2.45) is 0 Å². The largest absolute Gasteiger partial charge is 0.349 e. The number of nitriles is 1. The van der Waals surface area contributed by atoms with Crippen LogP contribution in [0.3, 0.4) is 0 Å². The predicted molar refractivity (Wildman–Crippen MR) is 87.1 cm³/mol. The fraction of sp³-hybridized carbons (Fsp3) is 0.467. The highest BCUT2D eigenvalue weighted by molar-refractivity contribution is 7.99. The van der Waals surface area contributed by atoms with Crippen molar-refractivity contribution in [2.45, 2.75) is 24.6 Å². The third-order valence-corrected chi connectivity index (χ3v) is 6.44. The van der Waals surface area contributed by atoms with Gasteiger partial charge >= 0.3 is 0 Å². The van der Waals surface area contributed by atoms with Crippen molar-refractivity contribution in [3.8, 4) is 6.07 Å². The summed E-state index contributed by atoms with van der Waals surface area (Å²) in [4.78, 5) is 11.9. The molecule has 0 radical (unpaired) electrons. The van der Waals surface area contributed by atoms with E-state index >= 15 is 0 Å². The molecule has 1 aliphatic heterocycles. The number of carbonyl (C=O) groups is 1. The van der Waals surface area contributed by atoms with E-state index in [1.165, 1.54) is 11.8 Å². The second-order valence-corrected chi connectivity index (χ2v) is 8.92. The number of hydrogen-bond acceptors (Lipinski definition) is 5. The van der Waals surface area contributed by atoms with Crippen LogP contribution >= 0.6 is 11.8 Å². The standard InChI is InChI=1S/C15H18N2O3S2/c1-15(6-7-22(19,20)11-15)17-14(18)10-21-9-13-4-2-12(8-16)3-5-13/h2-5H,6-7,9-11H2,1H3,(H,17,18)/t15-/m1/s1. The zero-order chi connectivity index (χ0) is 16.2. The molecule has 1 amide bonds. The van der Waals surface area contributed by atoms with Crippen LogP contribution in [-0.2, 0) is 20.4 Å². The molecular formula is C15H18N2O3S2. The van der Waals surface area contributed by atoms with E-state index in [-0.39, 0.29) is 23.2 Å². The number of nitrogens with one attached hydrogen (secondary N) is 1. The maximum absolute atomic E-state index is 11.9. The SMILES string of the molecule is C[C@@]1(NC(=O)CSCc2ccc(C#N)cc2)CCS(=O)(=O)C1. The molecule has 1 fully saturated rings. The van der Waals surface area contributed by atoms with Crippen LogP contribution in [0.2, 0.25) is 0 Å². The number of hydrogen-bond donors (Lipinski definition) is 1. The van der Waals surface area contributed by atoms with Gasteiger partial charge in [-0.25, -0.2) is 8.42 Å². The van der Waals surface area contributed by atoms with E-state index < -0.39 is 15.4 Å². The van der Waals surface area contributed by atoms with E-state index in [2.05, 4.69) is 11.4 Å². The van der Waals surface area contributed by atoms with Gasteiger partial charge in [0, 0.05) is 5.75 Å². The highest BCUT2D eigenvalue weighted by Crippen LogP contribution is 2.23. The molecular weight excluding hydrogens is 320 g/mol. The Kier molecular flexibility index (Phi) is 5.14. The van der Waals surface area contributed by atoms with Crippen molar-refractivity contribution >= 4 is 27.5 Å². The van der Waals surface area contributed by atoms with Gasteiger partial charge in [0.2, 0.25) is 5.91 Å². The molecule has 7 heteroatoms. The second-order valence-electron chi connectivity index (χ2n) is 5.75. The highest BCUT2D eigenvalue weighted by atomic mass is 32.2. The van der Waals surface area contributed by atoms with Crippen LogP contribution in [0.5, 0.6) is 0 Å². The minimum Gasteiger partial charge on any atom is -0.349 e. The lowest BCUT2D eigenvalue weighted by Gasteiger charge is -2.23. The lowest BCUT2D eigenvalue weighted by Crippen LogP contribution is -2.47. The van der Waals surface area contributed by atoms with Crippen LogP contribution in [0.1, 0.15) is 24.5 Å². The second kappa shape index (κ2) is 6.71. The maximum Gasteiger partial charge on any atom is 0.230 e. The molecule has 0 saturated carbocycles. The minimum atomic E-state index is -3.02. The van der Waals surface area contributed by atoms with Crippen molar-refractivity contribution in [3.63, 3.8) is 0 Å². The zero-order valence-corrected chi connectivity index (χ0v) is 14.0. The number of benzene rings is 1. The summed E-state index contributed by atoms with van der Waals surface area (Å²) in [6, 6.07) is 9.30. The Labute approximate surface area is 135 Å². The molecule has 0 aliphatic carbocycles. The minimum absolute atomic E-state index is 0.0199. The summed E-state index contributed by atoms with van der Waals surface area (Å²) >= 11 is 1.47. The summed E-state index contributed by atoms with van der Waals surface area (Å²) in [5.74, 6) is 0.982. The summed E-state index contributed by atoms with van der Waals surface area (Å²) < 4.78 is 23.0. The molecule has 1 N–H and O–H groups in total. The number of nitrogens with zero attached hydrogens (tertiary/aromatic N) is 1. The first-order valence-corrected chi connectivity index (χ1v) is 9.88. The molecule has 1 aromatic carbocycles. The lowest BCUT2D eigenvalue weighted by atomic mass is 10.0. The van der Waals surface area contributed by atoms with Crippen molar-refractivity contribution < 1.29 is 13.2 Å². The molecule has 1 saturated heterocycles. The van der Waals surface area contributed by atoms with Gasteiger partial charge in [-0.15, -0.1) is 11.8 Å². The van der Waals surface area contributed by atoms with Crippen LogP contribution in [-0.4, -0.2) is 37.1 Å². The van der Waals surface area contributed by atoms with Gasteiger partial charge in [-0.1, -0.05) is 12.1 Å². The van der Waals surface area contributed by atoms with Crippen molar-refractivity contribution in [1.29, 1.82) is 5.26 Å². The molecule has 1 heterocycles. The molecule has 118 valence electrons. The van der Waals surface area contributed by atoms with Crippen LogP contribution in [0, 0.1) is 11.3 Å². The number of rotatable bonds is 5. The molecule has 0 spiro atoms. The molecule has 5 nitrogen and oxygen atoms in total. The van der Waals surface area contributed by atoms with Crippen molar-refractivity contribution in [2.75, 3.05) is 17.3 Å². The van der Waals surface area contributed by atoms with Gasteiger partial charge in [0.25, 0.3) is 0 Å². The Balaban J connectivity index is 1.77. The Bertz CT molecular complexity index is 692. The van der Waals surface area contributed by atoms with Gasteiger partial charge < -0.3 is 5.32 Å². The van der Waals surface area contributed by atoms with Crippen molar-refractivity contribution in [3.05, 3.63) is 35.4 Å². The molecule has 22 heavy (non-hydrogen) atoms. The molecule has 1 aromatic rings. The number of sulfone groups is 1. The van der Waals surface area contributed by atoms with E-state index in [1.807, 2.05) is 12.1 Å². The summed E-state index contributed by atoms with van der Waals surface area (Å²) in [5.41, 5.74) is 1.03. The van der Waals surface area contributed by atoms with E-state index in [1.54, 1.807) is 19.1 Å². The quantitative estimate of drug-likeness (QED) is 0.879. The van der Waals surface area contributed by atoms with Crippen molar-refractivity contribution in [1.82, 2.24) is 5.32 Å². The van der Waals surface area contributed by atoms with Gasteiger partial charge in [0.15, 0.2) is 9.84 Å². The number of amides is 1. The Morgan fingerprint density at radius 2 is 2.09 bits per heavy atom. The van der Waals surface area contributed by atoms with Crippen LogP contribution < -0.4 is 5.32 Å². The average molecular weight is 338 g/mol. The van der Waals surface area contributed by atoms with E-state index in [9.17, 15) is 13.2 Å². The molecule has 2 rings (SSSR count). The van der Waals surface area contributed by atoms with E-state index in [0.717, 1.165) is 5.56 Å². The Morgan fingerprint density at radius 3 is 2.64 bits per heavy atom. The maximum atomic E-state index is 11.9. The molecule has 0 aromatic heterocycles. The Hall–Kier alpha value is -1.52.